The van der Waals surface area contributed by atoms with Crippen molar-refractivity contribution in [1.82, 2.24) is 15.1 Å². The number of amides is 2. The number of nitrogens with two attached hydrogens (primary N) is 1. The van der Waals surface area contributed by atoms with Gasteiger partial charge in [0.1, 0.15) is 17.7 Å². The number of hydrogen-bond acceptors (Lipinski definition) is 6. The summed E-state index contributed by atoms with van der Waals surface area (Å²) in [4.78, 5) is 39.1. The normalized spacial score (nSPS) is 23.4. The maximum atomic E-state index is 12.6. The standard InChI is InChI=1S/C23H30N6O2S/c1-15(2)20(21(24)30)27-22-16-6-3-4-7-17(16)25-19(26-22)14-28-9-11-29(12-10-28)23(31)18-8-5-13-32-18/h3-6,8,13,15,17,20H,7,9-12,14H2,1-2H3,(H2,24,30)(H,25,26,27). The minimum atomic E-state index is -0.587. The van der Waals surface area contributed by atoms with Crippen molar-refractivity contribution in [3.05, 3.63) is 46.2 Å². The van der Waals surface area contributed by atoms with Crippen LogP contribution in [0.5, 0.6) is 0 Å². The summed E-state index contributed by atoms with van der Waals surface area (Å²) in [6.45, 7) is 7.50. The lowest BCUT2D eigenvalue weighted by Gasteiger charge is -2.36. The Labute approximate surface area is 192 Å². The van der Waals surface area contributed by atoms with Crippen molar-refractivity contribution in [2.24, 2.45) is 21.6 Å². The SMILES string of the molecule is CC(C)C(N=C1NC(CN2CCN(C(=O)c3cccs3)CC2)=NC2CC=CC=C12)C(N)=O. The maximum Gasteiger partial charge on any atom is 0.264 e. The summed E-state index contributed by atoms with van der Waals surface area (Å²) in [6.07, 6.45) is 6.92. The zero-order chi connectivity index (χ0) is 22.7. The Morgan fingerprint density at radius 2 is 2.09 bits per heavy atom. The molecule has 1 aliphatic carbocycles. The number of nitrogens with one attached hydrogen (secondary N) is 1. The molecule has 2 amide bonds. The number of primary amides is 1. The molecule has 2 atom stereocenters. The Hall–Kier alpha value is -2.78. The van der Waals surface area contributed by atoms with Crippen LogP contribution >= 0.6 is 11.3 Å². The van der Waals surface area contributed by atoms with Gasteiger partial charge in [0.25, 0.3) is 5.91 Å². The van der Waals surface area contributed by atoms with Gasteiger partial charge in [-0.1, -0.05) is 38.1 Å². The third-order valence-corrected chi connectivity index (χ3v) is 6.79. The fourth-order valence-electron chi connectivity index (χ4n) is 4.15. The number of thiophene rings is 1. The molecule has 1 aromatic rings. The monoisotopic (exact) mass is 454 g/mol. The Bertz CT molecular complexity index is 971. The van der Waals surface area contributed by atoms with E-state index in [1.54, 1.807) is 0 Å². The second-order valence-corrected chi connectivity index (χ2v) is 9.56. The second-order valence-electron chi connectivity index (χ2n) is 8.62. The van der Waals surface area contributed by atoms with E-state index in [0.29, 0.717) is 25.5 Å². The molecule has 1 saturated heterocycles. The molecular formula is C23H30N6O2S. The van der Waals surface area contributed by atoms with Gasteiger partial charge in [-0.2, -0.15) is 0 Å². The van der Waals surface area contributed by atoms with Crippen LogP contribution in [0.15, 0.2) is 51.3 Å². The average Bonchev–Trinajstić information content (AvgIpc) is 3.32. The Morgan fingerprint density at radius 3 is 2.75 bits per heavy atom. The first kappa shape index (κ1) is 22.4. The van der Waals surface area contributed by atoms with Crippen molar-refractivity contribution in [3.63, 3.8) is 0 Å². The van der Waals surface area contributed by atoms with E-state index in [4.69, 9.17) is 15.7 Å². The van der Waals surface area contributed by atoms with Gasteiger partial charge < -0.3 is 16.0 Å². The van der Waals surface area contributed by atoms with Crippen LogP contribution in [-0.2, 0) is 4.79 Å². The van der Waals surface area contributed by atoms with Crippen LogP contribution in [0.3, 0.4) is 0 Å². The lowest BCUT2D eigenvalue weighted by Crippen LogP contribution is -2.53. The molecule has 9 heteroatoms. The summed E-state index contributed by atoms with van der Waals surface area (Å²) in [5, 5.41) is 5.30. The van der Waals surface area contributed by atoms with E-state index in [1.807, 2.05) is 48.4 Å². The van der Waals surface area contributed by atoms with Crippen molar-refractivity contribution in [2.75, 3.05) is 32.7 Å². The topological polar surface area (TPSA) is 103 Å². The Kier molecular flexibility index (Phi) is 6.86. The summed E-state index contributed by atoms with van der Waals surface area (Å²) in [7, 11) is 0. The van der Waals surface area contributed by atoms with E-state index in [2.05, 4.69) is 16.3 Å². The molecule has 2 aliphatic heterocycles. The Morgan fingerprint density at radius 1 is 1.31 bits per heavy atom. The number of fused-ring (bicyclic) bond motifs is 1. The van der Waals surface area contributed by atoms with Gasteiger partial charge in [0, 0.05) is 31.8 Å². The molecule has 3 aliphatic rings. The number of rotatable bonds is 6. The van der Waals surface area contributed by atoms with Gasteiger partial charge in [-0.25, -0.2) is 0 Å². The van der Waals surface area contributed by atoms with Gasteiger partial charge in [-0.05, 0) is 23.8 Å². The van der Waals surface area contributed by atoms with Gasteiger partial charge in [0.2, 0.25) is 5.91 Å². The molecular weight excluding hydrogens is 424 g/mol. The molecule has 1 aromatic heterocycles. The van der Waals surface area contributed by atoms with E-state index in [-0.39, 0.29) is 17.9 Å². The molecule has 32 heavy (non-hydrogen) atoms. The molecule has 0 spiro atoms. The fourth-order valence-corrected chi connectivity index (χ4v) is 4.84. The van der Waals surface area contributed by atoms with Gasteiger partial charge in [-0.3, -0.25) is 24.5 Å². The molecule has 0 aromatic carbocycles. The summed E-state index contributed by atoms with van der Waals surface area (Å²) in [5.74, 6) is 1.22. The smallest absolute Gasteiger partial charge is 0.264 e. The highest BCUT2D eigenvalue weighted by atomic mass is 32.1. The van der Waals surface area contributed by atoms with Crippen molar-refractivity contribution >= 4 is 34.8 Å². The third-order valence-electron chi connectivity index (χ3n) is 5.93. The molecule has 2 unspecified atom stereocenters. The third kappa shape index (κ3) is 4.99. The van der Waals surface area contributed by atoms with E-state index < -0.39 is 11.9 Å². The fraction of sp³-hybridized carbons (Fsp3) is 0.478. The lowest BCUT2D eigenvalue weighted by molar-refractivity contribution is -0.120. The van der Waals surface area contributed by atoms with Gasteiger partial charge in [0.05, 0.1) is 17.5 Å². The molecule has 3 heterocycles. The van der Waals surface area contributed by atoms with Gasteiger partial charge >= 0.3 is 0 Å². The summed E-state index contributed by atoms with van der Waals surface area (Å²) in [6, 6.07) is 3.19. The number of aliphatic imine (C=N–C) groups is 2. The highest BCUT2D eigenvalue weighted by Gasteiger charge is 2.30. The number of nitrogens with zero attached hydrogens (tertiary/aromatic N) is 4. The maximum absolute atomic E-state index is 12.6. The highest BCUT2D eigenvalue weighted by molar-refractivity contribution is 7.12. The number of hydrogen-bond donors (Lipinski definition) is 2. The van der Waals surface area contributed by atoms with Crippen molar-refractivity contribution < 1.29 is 9.59 Å². The summed E-state index contributed by atoms with van der Waals surface area (Å²) >= 11 is 1.48. The zero-order valence-corrected chi connectivity index (χ0v) is 19.3. The summed E-state index contributed by atoms with van der Waals surface area (Å²) in [5.41, 5.74) is 6.60. The molecule has 4 rings (SSSR count). The second kappa shape index (κ2) is 9.79. The first-order valence-corrected chi connectivity index (χ1v) is 11.9. The highest BCUT2D eigenvalue weighted by Crippen LogP contribution is 2.22. The van der Waals surface area contributed by atoms with Crippen molar-refractivity contribution in [3.8, 4) is 0 Å². The van der Waals surface area contributed by atoms with Crippen LogP contribution in [0, 0.1) is 5.92 Å². The number of carbonyl (C=O) groups is 2. The van der Waals surface area contributed by atoms with Crippen molar-refractivity contribution in [2.45, 2.75) is 32.4 Å². The first-order chi connectivity index (χ1) is 15.4. The van der Waals surface area contributed by atoms with Crippen LogP contribution in [0.2, 0.25) is 0 Å². The minimum absolute atomic E-state index is 0.00242. The van der Waals surface area contributed by atoms with Crippen LogP contribution in [0.4, 0.5) is 0 Å². The molecule has 170 valence electrons. The largest absolute Gasteiger partial charge is 0.368 e. The number of piperazine rings is 1. The molecule has 8 nitrogen and oxygen atoms in total. The number of carbonyl (C=O) groups excluding carboxylic acids is 2. The zero-order valence-electron chi connectivity index (χ0n) is 18.5. The van der Waals surface area contributed by atoms with E-state index in [0.717, 1.165) is 35.8 Å². The molecule has 1 fully saturated rings. The van der Waals surface area contributed by atoms with Crippen LogP contribution in [-0.4, -0.2) is 78.1 Å². The van der Waals surface area contributed by atoms with E-state index >= 15 is 0 Å². The number of allylic oxidation sites excluding steroid dienone is 2. The molecule has 0 radical (unpaired) electrons. The quantitative estimate of drug-likeness (QED) is 0.682. The minimum Gasteiger partial charge on any atom is -0.368 e. The van der Waals surface area contributed by atoms with E-state index in [9.17, 15) is 9.59 Å². The predicted molar refractivity (Wildman–Crippen MR) is 128 cm³/mol. The molecule has 0 bridgehead atoms. The van der Waals surface area contributed by atoms with Crippen LogP contribution in [0.1, 0.15) is 29.9 Å². The first-order valence-electron chi connectivity index (χ1n) is 11.1. The average molecular weight is 455 g/mol. The van der Waals surface area contributed by atoms with Crippen LogP contribution in [0.25, 0.3) is 0 Å². The molecule has 3 N–H and O–H groups in total. The van der Waals surface area contributed by atoms with Crippen molar-refractivity contribution in [1.29, 1.82) is 0 Å². The van der Waals surface area contributed by atoms with Gasteiger partial charge in [-0.15, -0.1) is 11.3 Å². The number of amidine groups is 2. The predicted octanol–water partition coefficient (Wildman–Crippen LogP) is 1.67. The molecule has 0 saturated carbocycles. The lowest BCUT2D eigenvalue weighted by atomic mass is 9.96. The van der Waals surface area contributed by atoms with E-state index in [1.165, 1.54) is 11.3 Å². The summed E-state index contributed by atoms with van der Waals surface area (Å²) < 4.78 is 0. The van der Waals surface area contributed by atoms with Crippen LogP contribution < -0.4 is 11.1 Å². The van der Waals surface area contributed by atoms with Gasteiger partial charge in [0.15, 0.2) is 0 Å². The Balaban J connectivity index is 1.43.